The van der Waals surface area contributed by atoms with Gasteiger partial charge in [-0.25, -0.2) is 4.39 Å². The largest absolute Gasteiger partial charge is 0.313 e. The number of likely N-dealkylation sites (N-methyl/N-ethyl adjacent to an activating group) is 1. The van der Waals surface area contributed by atoms with Crippen molar-refractivity contribution in [3.63, 3.8) is 0 Å². The molecule has 0 heterocycles. The van der Waals surface area contributed by atoms with E-state index in [9.17, 15) is 4.39 Å². The summed E-state index contributed by atoms with van der Waals surface area (Å²) in [5.74, 6) is -0.307. The number of benzene rings is 2. The molecule has 1 unspecified atom stereocenters. The van der Waals surface area contributed by atoms with Crippen LogP contribution in [0.5, 0.6) is 0 Å². The zero-order valence-electron chi connectivity index (χ0n) is 11.1. The molecule has 0 spiro atoms. The van der Waals surface area contributed by atoms with Gasteiger partial charge in [0.05, 0.1) is 0 Å². The summed E-state index contributed by atoms with van der Waals surface area (Å²) in [4.78, 5) is 0. The van der Waals surface area contributed by atoms with Crippen molar-refractivity contribution < 1.29 is 4.39 Å². The molecule has 19 heavy (non-hydrogen) atoms. The van der Waals surface area contributed by atoms with Crippen molar-refractivity contribution in [3.05, 3.63) is 70.0 Å². The molecular weight excluding hydrogens is 261 g/mol. The zero-order valence-corrected chi connectivity index (χ0v) is 11.8. The van der Waals surface area contributed by atoms with E-state index in [1.165, 1.54) is 23.3 Å². The third-order valence-corrected chi connectivity index (χ3v) is 3.57. The second kappa shape index (κ2) is 6.18. The molecule has 0 aromatic heterocycles. The van der Waals surface area contributed by atoms with Crippen LogP contribution >= 0.6 is 11.6 Å². The van der Waals surface area contributed by atoms with Crippen LogP contribution in [-0.4, -0.2) is 7.05 Å². The van der Waals surface area contributed by atoms with Gasteiger partial charge in [-0.15, -0.1) is 0 Å². The molecule has 0 saturated carbocycles. The second-order valence-corrected chi connectivity index (χ2v) is 5.10. The standard InChI is InChI=1S/C16H17ClFN/c1-11-3-5-12(6-4-11)9-16(19-2)14-8-7-13(18)10-15(14)17/h3-8,10,16,19H,9H2,1-2H3. The lowest BCUT2D eigenvalue weighted by atomic mass is 9.98. The van der Waals surface area contributed by atoms with Crippen molar-refractivity contribution in [2.75, 3.05) is 7.05 Å². The van der Waals surface area contributed by atoms with Gasteiger partial charge in [0, 0.05) is 11.1 Å². The van der Waals surface area contributed by atoms with E-state index in [0.29, 0.717) is 5.02 Å². The van der Waals surface area contributed by atoms with Gasteiger partial charge in [-0.2, -0.15) is 0 Å². The average Bonchev–Trinajstić information content (AvgIpc) is 2.39. The molecule has 100 valence electrons. The van der Waals surface area contributed by atoms with E-state index in [1.54, 1.807) is 6.07 Å². The smallest absolute Gasteiger partial charge is 0.124 e. The van der Waals surface area contributed by atoms with Crippen LogP contribution in [0.3, 0.4) is 0 Å². The fourth-order valence-corrected chi connectivity index (χ4v) is 2.41. The Labute approximate surface area is 118 Å². The van der Waals surface area contributed by atoms with E-state index >= 15 is 0 Å². The first kappa shape index (κ1) is 14.0. The number of rotatable bonds is 4. The van der Waals surface area contributed by atoms with Gasteiger partial charge in [-0.1, -0.05) is 47.5 Å². The summed E-state index contributed by atoms with van der Waals surface area (Å²) in [7, 11) is 1.89. The summed E-state index contributed by atoms with van der Waals surface area (Å²) in [5, 5.41) is 3.70. The SMILES string of the molecule is CNC(Cc1ccc(C)cc1)c1ccc(F)cc1Cl. The molecule has 0 fully saturated rings. The summed E-state index contributed by atoms with van der Waals surface area (Å²) in [6.07, 6.45) is 0.822. The van der Waals surface area contributed by atoms with Crippen molar-refractivity contribution >= 4 is 11.6 Å². The van der Waals surface area contributed by atoms with Crippen molar-refractivity contribution in [1.82, 2.24) is 5.32 Å². The van der Waals surface area contributed by atoms with Gasteiger partial charge < -0.3 is 5.32 Å². The highest BCUT2D eigenvalue weighted by Crippen LogP contribution is 2.26. The molecule has 0 amide bonds. The lowest BCUT2D eigenvalue weighted by Gasteiger charge is -2.18. The lowest BCUT2D eigenvalue weighted by molar-refractivity contribution is 0.586. The summed E-state index contributed by atoms with van der Waals surface area (Å²) in [6, 6.07) is 13.0. The molecule has 1 N–H and O–H groups in total. The molecule has 1 atom stereocenters. The predicted octanol–water partition coefficient (Wildman–Crippen LogP) is 4.29. The minimum atomic E-state index is -0.307. The Hall–Kier alpha value is -1.38. The lowest BCUT2D eigenvalue weighted by Crippen LogP contribution is -2.19. The Morgan fingerprint density at radius 2 is 1.84 bits per heavy atom. The van der Waals surface area contributed by atoms with Gasteiger partial charge in [-0.3, -0.25) is 0 Å². The van der Waals surface area contributed by atoms with Crippen LogP contribution in [0.25, 0.3) is 0 Å². The van der Waals surface area contributed by atoms with Crippen LogP contribution < -0.4 is 5.32 Å². The molecule has 2 aromatic rings. The Morgan fingerprint density at radius 1 is 1.16 bits per heavy atom. The molecule has 1 nitrogen and oxygen atoms in total. The fourth-order valence-electron chi connectivity index (χ4n) is 2.11. The molecule has 2 rings (SSSR count). The highest BCUT2D eigenvalue weighted by Gasteiger charge is 2.14. The van der Waals surface area contributed by atoms with E-state index in [4.69, 9.17) is 11.6 Å². The minimum absolute atomic E-state index is 0.0795. The average molecular weight is 278 g/mol. The number of hydrogen-bond acceptors (Lipinski definition) is 1. The molecule has 0 aliphatic carbocycles. The Bertz CT molecular complexity index is 551. The maximum atomic E-state index is 13.1. The predicted molar refractivity (Wildman–Crippen MR) is 78.1 cm³/mol. The van der Waals surface area contributed by atoms with Crippen LogP contribution in [0.4, 0.5) is 4.39 Å². The number of halogens is 2. The van der Waals surface area contributed by atoms with Gasteiger partial charge in [0.25, 0.3) is 0 Å². The van der Waals surface area contributed by atoms with Crippen LogP contribution in [0.15, 0.2) is 42.5 Å². The van der Waals surface area contributed by atoms with E-state index < -0.39 is 0 Å². The first-order chi connectivity index (χ1) is 9.10. The molecule has 3 heteroatoms. The molecule has 0 saturated heterocycles. The van der Waals surface area contributed by atoms with E-state index in [1.807, 2.05) is 7.05 Å². The number of aryl methyl sites for hydroxylation is 1. The Kier molecular flexibility index (Phi) is 4.56. The normalized spacial score (nSPS) is 12.4. The highest BCUT2D eigenvalue weighted by atomic mass is 35.5. The molecule has 0 aliphatic heterocycles. The minimum Gasteiger partial charge on any atom is -0.313 e. The van der Waals surface area contributed by atoms with Crippen molar-refractivity contribution in [3.8, 4) is 0 Å². The van der Waals surface area contributed by atoms with E-state index in [2.05, 4.69) is 36.5 Å². The number of hydrogen-bond donors (Lipinski definition) is 1. The second-order valence-electron chi connectivity index (χ2n) is 4.70. The van der Waals surface area contributed by atoms with Crippen molar-refractivity contribution in [2.24, 2.45) is 0 Å². The summed E-state index contributed by atoms with van der Waals surface area (Å²) >= 11 is 6.11. The zero-order chi connectivity index (χ0) is 13.8. The summed E-state index contributed by atoms with van der Waals surface area (Å²) < 4.78 is 13.1. The molecule has 2 aromatic carbocycles. The van der Waals surface area contributed by atoms with E-state index in [-0.39, 0.29) is 11.9 Å². The Morgan fingerprint density at radius 3 is 2.42 bits per heavy atom. The van der Waals surface area contributed by atoms with Gasteiger partial charge >= 0.3 is 0 Å². The summed E-state index contributed by atoms with van der Waals surface area (Å²) in [5.41, 5.74) is 3.39. The van der Waals surface area contributed by atoms with Crippen molar-refractivity contribution in [1.29, 1.82) is 0 Å². The maximum Gasteiger partial charge on any atom is 0.124 e. The first-order valence-corrected chi connectivity index (χ1v) is 6.65. The molecule has 0 bridgehead atoms. The maximum absolute atomic E-state index is 13.1. The Balaban J connectivity index is 2.22. The van der Waals surface area contributed by atoms with Gasteiger partial charge in [-0.05, 0) is 43.7 Å². The van der Waals surface area contributed by atoms with E-state index in [0.717, 1.165) is 12.0 Å². The van der Waals surface area contributed by atoms with Gasteiger partial charge in [0.15, 0.2) is 0 Å². The first-order valence-electron chi connectivity index (χ1n) is 6.28. The molecule has 0 radical (unpaired) electrons. The quantitative estimate of drug-likeness (QED) is 0.879. The fraction of sp³-hybridized carbons (Fsp3) is 0.250. The van der Waals surface area contributed by atoms with Crippen LogP contribution in [0.1, 0.15) is 22.7 Å². The highest BCUT2D eigenvalue weighted by molar-refractivity contribution is 6.31. The molecular formula is C16H17ClFN. The molecule has 0 aliphatic rings. The van der Waals surface area contributed by atoms with Gasteiger partial charge in [0.2, 0.25) is 0 Å². The topological polar surface area (TPSA) is 12.0 Å². The van der Waals surface area contributed by atoms with Crippen molar-refractivity contribution in [2.45, 2.75) is 19.4 Å². The van der Waals surface area contributed by atoms with Crippen LogP contribution in [0.2, 0.25) is 5.02 Å². The van der Waals surface area contributed by atoms with Gasteiger partial charge in [0.1, 0.15) is 5.82 Å². The van der Waals surface area contributed by atoms with Crippen LogP contribution in [-0.2, 0) is 6.42 Å². The monoisotopic (exact) mass is 277 g/mol. The van der Waals surface area contributed by atoms with Crippen LogP contribution in [0, 0.1) is 12.7 Å². The summed E-state index contributed by atoms with van der Waals surface area (Å²) in [6.45, 7) is 2.07. The third-order valence-electron chi connectivity index (χ3n) is 3.25. The number of nitrogens with one attached hydrogen (secondary N) is 1. The third kappa shape index (κ3) is 3.55.